The molecule has 0 saturated heterocycles. The van der Waals surface area contributed by atoms with Crippen molar-refractivity contribution in [3.63, 3.8) is 0 Å². The smallest absolute Gasteiger partial charge is 0.203 e. The molecule has 0 amide bonds. The van der Waals surface area contributed by atoms with Crippen LogP contribution in [0.3, 0.4) is 0 Å². The van der Waals surface area contributed by atoms with Crippen molar-refractivity contribution in [2.24, 2.45) is 5.92 Å². The van der Waals surface area contributed by atoms with Crippen LogP contribution in [0.5, 0.6) is 28.7 Å². The molecular formula is C28H40N2O5. The van der Waals surface area contributed by atoms with Gasteiger partial charge in [0.05, 0.1) is 47.0 Å². The molecule has 7 nitrogen and oxygen atoms in total. The molecule has 0 aliphatic rings. The second-order valence-corrected chi connectivity index (χ2v) is 9.03. The van der Waals surface area contributed by atoms with E-state index < -0.39 is 5.41 Å². The Morgan fingerprint density at radius 2 is 1.40 bits per heavy atom. The fourth-order valence-corrected chi connectivity index (χ4v) is 4.42. The summed E-state index contributed by atoms with van der Waals surface area (Å²) in [5.41, 5.74) is 1.42. The van der Waals surface area contributed by atoms with Crippen LogP contribution in [0.1, 0.15) is 37.8 Å². The van der Waals surface area contributed by atoms with E-state index in [1.807, 2.05) is 30.3 Å². The van der Waals surface area contributed by atoms with Crippen LogP contribution in [0, 0.1) is 17.2 Å². The number of likely N-dealkylation sites (N-methyl/N-ethyl adjacent to an activating group) is 1. The molecule has 0 bridgehead atoms. The van der Waals surface area contributed by atoms with Crippen LogP contribution >= 0.6 is 0 Å². The molecule has 1 unspecified atom stereocenters. The minimum Gasteiger partial charge on any atom is -0.497 e. The molecular weight excluding hydrogens is 444 g/mol. The second kappa shape index (κ2) is 13.1. The summed E-state index contributed by atoms with van der Waals surface area (Å²) in [4.78, 5) is 2.29. The van der Waals surface area contributed by atoms with E-state index in [1.165, 1.54) is 0 Å². The van der Waals surface area contributed by atoms with Gasteiger partial charge in [0.2, 0.25) is 5.75 Å². The number of ether oxygens (including phenoxy) is 5. The molecule has 0 aromatic heterocycles. The van der Waals surface area contributed by atoms with Gasteiger partial charge in [-0.3, -0.25) is 0 Å². The van der Waals surface area contributed by atoms with Crippen LogP contribution < -0.4 is 23.7 Å². The zero-order valence-corrected chi connectivity index (χ0v) is 22.4. The summed E-state index contributed by atoms with van der Waals surface area (Å²) in [5.74, 6) is 3.45. The molecule has 7 heteroatoms. The van der Waals surface area contributed by atoms with Crippen molar-refractivity contribution in [1.82, 2.24) is 4.90 Å². The van der Waals surface area contributed by atoms with Gasteiger partial charge in [0, 0.05) is 12.6 Å². The van der Waals surface area contributed by atoms with Gasteiger partial charge in [-0.25, -0.2) is 0 Å². The Labute approximate surface area is 210 Å². The van der Waals surface area contributed by atoms with E-state index in [0.717, 1.165) is 43.5 Å². The van der Waals surface area contributed by atoms with Crippen molar-refractivity contribution >= 4 is 0 Å². The monoisotopic (exact) mass is 484 g/mol. The molecule has 0 aliphatic heterocycles. The van der Waals surface area contributed by atoms with Crippen LogP contribution in [0.4, 0.5) is 0 Å². The van der Waals surface area contributed by atoms with Crippen molar-refractivity contribution in [2.75, 3.05) is 55.7 Å². The Balaban J connectivity index is 2.08. The number of hydrogen-bond donors (Lipinski definition) is 0. The molecule has 0 saturated carbocycles. The number of nitriles is 1. The molecule has 0 fully saturated rings. The van der Waals surface area contributed by atoms with Crippen molar-refractivity contribution in [3.8, 4) is 34.8 Å². The summed E-state index contributed by atoms with van der Waals surface area (Å²) < 4.78 is 27.3. The first kappa shape index (κ1) is 28.1. The molecule has 2 aromatic rings. The van der Waals surface area contributed by atoms with Crippen LogP contribution in [-0.4, -0.2) is 60.6 Å². The fraction of sp³-hybridized carbons (Fsp3) is 0.536. The highest BCUT2D eigenvalue weighted by molar-refractivity contribution is 5.54. The zero-order valence-electron chi connectivity index (χ0n) is 22.4. The number of nitrogens with zero attached hydrogens (tertiary/aromatic N) is 2. The van der Waals surface area contributed by atoms with E-state index in [9.17, 15) is 5.26 Å². The lowest BCUT2D eigenvalue weighted by atomic mass is 9.69. The highest BCUT2D eigenvalue weighted by atomic mass is 16.5. The Kier molecular flexibility index (Phi) is 10.5. The van der Waals surface area contributed by atoms with Crippen molar-refractivity contribution in [2.45, 2.75) is 38.5 Å². The van der Waals surface area contributed by atoms with E-state index in [1.54, 1.807) is 35.5 Å². The van der Waals surface area contributed by atoms with Gasteiger partial charge in [-0.05, 0) is 74.2 Å². The zero-order chi connectivity index (χ0) is 26.0. The molecule has 35 heavy (non-hydrogen) atoms. The van der Waals surface area contributed by atoms with Gasteiger partial charge in [0.15, 0.2) is 11.5 Å². The Hall–Kier alpha value is -3.11. The topological polar surface area (TPSA) is 73.2 Å². The van der Waals surface area contributed by atoms with Crippen LogP contribution in [0.25, 0.3) is 0 Å². The molecule has 1 atom stereocenters. The molecule has 0 heterocycles. The lowest BCUT2D eigenvalue weighted by molar-refractivity contribution is 0.292. The molecule has 0 N–H and O–H groups in total. The molecule has 192 valence electrons. The van der Waals surface area contributed by atoms with Crippen LogP contribution in [0.15, 0.2) is 30.3 Å². The molecule has 0 spiro atoms. The third-order valence-electron chi connectivity index (χ3n) is 6.67. The van der Waals surface area contributed by atoms with E-state index in [4.69, 9.17) is 23.7 Å². The normalized spacial score (nSPS) is 12.7. The predicted molar refractivity (Wildman–Crippen MR) is 138 cm³/mol. The maximum atomic E-state index is 10.3. The quantitative estimate of drug-likeness (QED) is 0.369. The van der Waals surface area contributed by atoms with Gasteiger partial charge in [0.1, 0.15) is 11.5 Å². The first-order valence-electron chi connectivity index (χ1n) is 11.9. The largest absolute Gasteiger partial charge is 0.497 e. The van der Waals surface area contributed by atoms with Gasteiger partial charge < -0.3 is 28.6 Å². The van der Waals surface area contributed by atoms with E-state index in [0.29, 0.717) is 28.7 Å². The average molecular weight is 485 g/mol. The number of hydrogen-bond acceptors (Lipinski definition) is 7. The lowest BCUT2D eigenvalue weighted by Gasteiger charge is -2.32. The minimum absolute atomic E-state index is 0.133. The lowest BCUT2D eigenvalue weighted by Crippen LogP contribution is -2.32. The van der Waals surface area contributed by atoms with Crippen LogP contribution in [0.2, 0.25) is 0 Å². The fourth-order valence-electron chi connectivity index (χ4n) is 4.42. The first-order valence-corrected chi connectivity index (χ1v) is 11.9. The molecule has 0 aliphatic carbocycles. The van der Waals surface area contributed by atoms with Gasteiger partial charge >= 0.3 is 0 Å². The summed E-state index contributed by atoms with van der Waals surface area (Å²) in [6, 6.07) is 12.4. The van der Waals surface area contributed by atoms with Crippen molar-refractivity contribution in [1.29, 1.82) is 5.26 Å². The summed E-state index contributed by atoms with van der Waals surface area (Å²) in [7, 11) is 10.2. The Morgan fingerprint density at radius 1 is 0.829 bits per heavy atom. The molecule has 0 radical (unpaired) electrons. The van der Waals surface area contributed by atoms with Gasteiger partial charge in [-0.2, -0.15) is 5.26 Å². The van der Waals surface area contributed by atoms with Gasteiger partial charge in [-0.1, -0.05) is 13.8 Å². The van der Waals surface area contributed by atoms with E-state index in [-0.39, 0.29) is 5.92 Å². The maximum Gasteiger partial charge on any atom is 0.203 e. The van der Waals surface area contributed by atoms with E-state index in [2.05, 4.69) is 31.9 Å². The first-order chi connectivity index (χ1) is 16.8. The predicted octanol–water partition coefficient (Wildman–Crippen LogP) is 5.10. The third kappa shape index (κ3) is 6.73. The van der Waals surface area contributed by atoms with Crippen molar-refractivity contribution in [3.05, 3.63) is 41.5 Å². The standard InChI is InChI=1S/C28H40N2O5/c1-20(2)28(19-29,22-16-23(31-4)18-24(17-22)32-5)11-9-12-30(3)13-10-21-14-25(33-6)27(35-8)26(15-21)34-7/h14-18,20H,9-13H2,1-8H3. The Bertz CT molecular complexity index is 954. The average Bonchev–Trinajstić information content (AvgIpc) is 2.88. The second-order valence-electron chi connectivity index (χ2n) is 9.03. The highest BCUT2D eigenvalue weighted by Crippen LogP contribution is 2.40. The number of rotatable bonds is 14. The van der Waals surface area contributed by atoms with Gasteiger partial charge in [0.25, 0.3) is 0 Å². The number of methoxy groups -OCH3 is 5. The maximum absolute atomic E-state index is 10.3. The van der Waals surface area contributed by atoms with Gasteiger partial charge in [-0.15, -0.1) is 0 Å². The summed E-state index contributed by atoms with van der Waals surface area (Å²) in [5, 5.41) is 10.3. The summed E-state index contributed by atoms with van der Waals surface area (Å²) in [6.45, 7) is 5.95. The SMILES string of the molecule is COc1cc(OC)cc(C(C#N)(CCCN(C)CCc2cc(OC)c(OC)c(OC)c2)C(C)C)c1. The molecule has 2 rings (SSSR count). The highest BCUT2D eigenvalue weighted by Gasteiger charge is 2.36. The summed E-state index contributed by atoms with van der Waals surface area (Å²) >= 11 is 0. The van der Waals surface area contributed by atoms with Crippen molar-refractivity contribution < 1.29 is 23.7 Å². The third-order valence-corrected chi connectivity index (χ3v) is 6.67. The van der Waals surface area contributed by atoms with Crippen LogP contribution in [-0.2, 0) is 11.8 Å². The minimum atomic E-state index is -0.626. The number of benzene rings is 2. The van der Waals surface area contributed by atoms with E-state index >= 15 is 0 Å². The molecule has 2 aromatic carbocycles. The Morgan fingerprint density at radius 3 is 1.83 bits per heavy atom. The summed E-state index contributed by atoms with van der Waals surface area (Å²) in [6.07, 6.45) is 2.47.